The van der Waals surface area contributed by atoms with E-state index >= 15 is 0 Å². The molecule has 0 aliphatic carbocycles. The fraction of sp³-hybridized carbons (Fsp3) is 1.00. The topological polar surface area (TPSA) is 89.5 Å². The summed E-state index contributed by atoms with van der Waals surface area (Å²) >= 11 is 0. The Morgan fingerprint density at radius 1 is 0.480 bits per heavy atom. The van der Waals surface area contributed by atoms with Crippen molar-refractivity contribution in [3.05, 3.63) is 0 Å². The molecule has 8 nitrogen and oxygen atoms in total. The van der Waals surface area contributed by atoms with E-state index in [2.05, 4.69) is 0 Å². The maximum atomic E-state index is 12.1. The third-order valence-corrected chi connectivity index (χ3v) is 6.23. The number of unbranched alkanes of at least 4 members (excludes halogenated alkanes) is 4. The van der Waals surface area contributed by atoms with Crippen LogP contribution in [0.15, 0.2) is 0 Å². The van der Waals surface area contributed by atoms with Crippen LogP contribution in [0.1, 0.15) is 59.8 Å². The molecular formula is C15H34O8P2. The van der Waals surface area contributed by atoms with Gasteiger partial charge in [0.05, 0.1) is 39.6 Å². The number of hydrogen-bond acceptors (Lipinski definition) is 8. The van der Waals surface area contributed by atoms with Crippen LogP contribution in [0, 0.1) is 0 Å². The Hall–Kier alpha value is 0.220. The maximum absolute atomic E-state index is 12.1. The molecule has 0 bridgehead atoms. The average molecular weight is 404 g/mol. The van der Waals surface area contributed by atoms with Crippen molar-refractivity contribution >= 4 is 15.6 Å². The van der Waals surface area contributed by atoms with Crippen molar-refractivity contribution in [3.8, 4) is 0 Å². The molecule has 0 aliphatic heterocycles. The van der Waals surface area contributed by atoms with Gasteiger partial charge in [-0.3, -0.25) is 27.1 Å². The van der Waals surface area contributed by atoms with Gasteiger partial charge in [0.2, 0.25) is 0 Å². The molecule has 0 unspecified atom stereocenters. The zero-order valence-electron chi connectivity index (χ0n) is 15.9. The highest BCUT2D eigenvalue weighted by atomic mass is 31.2. The fourth-order valence-corrected chi connectivity index (χ4v) is 4.36. The fourth-order valence-electron chi connectivity index (χ4n) is 1.94. The van der Waals surface area contributed by atoms with Gasteiger partial charge < -0.3 is 0 Å². The zero-order valence-corrected chi connectivity index (χ0v) is 17.7. The highest BCUT2D eigenvalue weighted by molar-refractivity contribution is 7.48. The van der Waals surface area contributed by atoms with E-state index in [0.717, 1.165) is 32.1 Å². The summed E-state index contributed by atoms with van der Waals surface area (Å²) in [4.78, 5) is 0. The first-order valence-electron chi connectivity index (χ1n) is 9.02. The highest BCUT2D eigenvalue weighted by Gasteiger charge is 2.25. The molecule has 0 saturated carbocycles. The van der Waals surface area contributed by atoms with Gasteiger partial charge in [0.25, 0.3) is 0 Å². The molecule has 0 aromatic heterocycles. The summed E-state index contributed by atoms with van der Waals surface area (Å²) in [6.07, 6.45) is 4.34. The molecule has 0 aromatic rings. The highest BCUT2D eigenvalue weighted by Crippen LogP contribution is 2.50. The van der Waals surface area contributed by atoms with E-state index in [1.54, 1.807) is 27.7 Å². The Balaban J connectivity index is 3.73. The Morgan fingerprint density at radius 3 is 1.04 bits per heavy atom. The lowest BCUT2D eigenvalue weighted by Crippen LogP contribution is -2.02. The largest absolute Gasteiger partial charge is 0.474 e. The van der Waals surface area contributed by atoms with Gasteiger partial charge in [-0.05, 0) is 40.5 Å². The molecule has 0 aromatic carbocycles. The molecule has 10 heteroatoms. The zero-order chi connectivity index (χ0) is 19.0. The van der Waals surface area contributed by atoms with Gasteiger partial charge in [0.15, 0.2) is 0 Å². The van der Waals surface area contributed by atoms with E-state index in [4.69, 9.17) is 27.1 Å². The lowest BCUT2D eigenvalue weighted by atomic mass is 10.2. The van der Waals surface area contributed by atoms with Crippen LogP contribution < -0.4 is 0 Å². The maximum Gasteiger partial charge on any atom is 0.474 e. The third-order valence-electron chi connectivity index (χ3n) is 2.94. The second-order valence-corrected chi connectivity index (χ2v) is 8.34. The second kappa shape index (κ2) is 15.3. The van der Waals surface area contributed by atoms with Gasteiger partial charge in [-0.15, -0.1) is 0 Å². The lowest BCUT2D eigenvalue weighted by molar-refractivity contribution is 0.119. The van der Waals surface area contributed by atoms with Crippen LogP contribution in [-0.4, -0.2) is 39.6 Å². The molecule has 0 saturated heterocycles. The number of phosphoric ester groups is 2. The van der Waals surface area contributed by atoms with Gasteiger partial charge in [-0.2, -0.15) is 0 Å². The van der Waals surface area contributed by atoms with Crippen molar-refractivity contribution in [2.24, 2.45) is 0 Å². The van der Waals surface area contributed by atoms with Gasteiger partial charge in [-0.1, -0.05) is 19.3 Å². The quantitative estimate of drug-likeness (QED) is 0.224. The third kappa shape index (κ3) is 13.1. The molecule has 0 rings (SSSR count). The molecule has 25 heavy (non-hydrogen) atoms. The first-order chi connectivity index (χ1) is 11.9. The lowest BCUT2D eigenvalue weighted by Gasteiger charge is -2.16. The molecule has 0 N–H and O–H groups in total. The molecule has 0 fully saturated rings. The van der Waals surface area contributed by atoms with Gasteiger partial charge in [0.1, 0.15) is 0 Å². The van der Waals surface area contributed by atoms with Crippen LogP contribution in [0.3, 0.4) is 0 Å². The van der Waals surface area contributed by atoms with E-state index in [1.165, 1.54) is 0 Å². The van der Waals surface area contributed by atoms with E-state index in [9.17, 15) is 9.13 Å². The van der Waals surface area contributed by atoms with Crippen molar-refractivity contribution in [1.82, 2.24) is 0 Å². The number of phosphoric acid groups is 2. The van der Waals surface area contributed by atoms with Crippen LogP contribution in [0.4, 0.5) is 0 Å². The summed E-state index contributed by atoms with van der Waals surface area (Å²) in [7, 11) is -6.79. The minimum absolute atomic E-state index is 0.282. The van der Waals surface area contributed by atoms with Crippen LogP contribution >= 0.6 is 15.6 Å². The Kier molecular flexibility index (Phi) is 15.4. The van der Waals surface area contributed by atoms with E-state index in [0.29, 0.717) is 13.2 Å². The summed E-state index contributed by atoms with van der Waals surface area (Å²) in [6.45, 7) is 8.76. The van der Waals surface area contributed by atoms with E-state index in [1.807, 2.05) is 0 Å². The normalized spacial score (nSPS) is 12.6. The molecule has 0 atom stereocenters. The SMILES string of the molecule is CCOP(=O)(OCC)OCCCCCCCOP(=O)(OCC)OCC. The van der Waals surface area contributed by atoms with E-state index < -0.39 is 15.6 Å². The number of rotatable bonds is 18. The Labute approximate surface area is 152 Å². The summed E-state index contributed by atoms with van der Waals surface area (Å²) in [6, 6.07) is 0. The molecule has 152 valence electrons. The molecule has 0 heterocycles. The smallest absolute Gasteiger partial charge is 0.287 e. The molecule has 0 amide bonds. The molecular weight excluding hydrogens is 370 g/mol. The van der Waals surface area contributed by atoms with Gasteiger partial charge in [0, 0.05) is 0 Å². The average Bonchev–Trinajstić information content (AvgIpc) is 2.54. The second-order valence-electron chi connectivity index (χ2n) is 5.00. The summed E-state index contributed by atoms with van der Waals surface area (Å²) < 4.78 is 54.8. The molecule has 0 radical (unpaired) electrons. The summed E-state index contributed by atoms with van der Waals surface area (Å²) in [5, 5.41) is 0. The predicted molar refractivity (Wildman–Crippen MR) is 96.7 cm³/mol. The van der Waals surface area contributed by atoms with Crippen molar-refractivity contribution in [2.45, 2.75) is 59.8 Å². The van der Waals surface area contributed by atoms with Gasteiger partial charge >= 0.3 is 15.6 Å². The van der Waals surface area contributed by atoms with E-state index in [-0.39, 0.29) is 26.4 Å². The number of hydrogen-bond donors (Lipinski definition) is 0. The van der Waals surface area contributed by atoms with Crippen LogP contribution in [0.2, 0.25) is 0 Å². The summed E-state index contributed by atoms with van der Waals surface area (Å²) in [5.74, 6) is 0. The minimum Gasteiger partial charge on any atom is -0.287 e. The molecule has 0 spiro atoms. The van der Waals surface area contributed by atoms with Crippen molar-refractivity contribution in [2.75, 3.05) is 39.6 Å². The van der Waals surface area contributed by atoms with Gasteiger partial charge in [-0.25, -0.2) is 9.13 Å². The van der Waals surface area contributed by atoms with Crippen molar-refractivity contribution in [3.63, 3.8) is 0 Å². The predicted octanol–water partition coefficient (Wildman–Crippen LogP) is 5.33. The Morgan fingerprint density at radius 2 is 0.760 bits per heavy atom. The Bertz CT molecular complexity index is 349. The first kappa shape index (κ1) is 25.2. The van der Waals surface area contributed by atoms with Crippen molar-refractivity contribution in [1.29, 1.82) is 0 Å². The summed E-state index contributed by atoms with van der Waals surface area (Å²) in [5.41, 5.74) is 0. The molecule has 0 aliphatic rings. The van der Waals surface area contributed by atoms with Crippen molar-refractivity contribution < 1.29 is 36.3 Å². The first-order valence-corrected chi connectivity index (χ1v) is 11.9. The standard InChI is InChI=1S/C15H34O8P2/c1-5-18-24(16,19-6-2)22-14-12-10-9-11-13-15-23-25(17,20-7-3)21-8-4/h5-15H2,1-4H3. The van der Waals surface area contributed by atoms with Crippen LogP contribution in [0.5, 0.6) is 0 Å². The van der Waals surface area contributed by atoms with Crippen LogP contribution in [0.25, 0.3) is 0 Å². The van der Waals surface area contributed by atoms with Crippen LogP contribution in [-0.2, 0) is 36.3 Å². The minimum atomic E-state index is -3.40. The monoisotopic (exact) mass is 404 g/mol.